The molecule has 0 amide bonds. The van der Waals surface area contributed by atoms with Crippen molar-refractivity contribution >= 4 is 29.2 Å². The van der Waals surface area contributed by atoms with Crippen LogP contribution in [0.3, 0.4) is 0 Å². The topological polar surface area (TPSA) is 70.1 Å². The van der Waals surface area contributed by atoms with Crippen molar-refractivity contribution in [1.29, 1.82) is 0 Å². The highest BCUT2D eigenvalue weighted by molar-refractivity contribution is 7.98. The molecule has 1 heterocycles. The van der Waals surface area contributed by atoms with E-state index in [4.69, 9.17) is 0 Å². The second-order valence-electron chi connectivity index (χ2n) is 6.81. The number of anilines is 3. The molecule has 1 aliphatic rings. The van der Waals surface area contributed by atoms with Crippen LogP contribution in [0.4, 0.5) is 17.5 Å². The van der Waals surface area contributed by atoms with Gasteiger partial charge in [-0.2, -0.15) is 4.98 Å². The third-order valence-corrected chi connectivity index (χ3v) is 5.12. The first-order chi connectivity index (χ1) is 12.1. The van der Waals surface area contributed by atoms with Crippen LogP contribution in [0.5, 0.6) is 0 Å². The zero-order chi connectivity index (χ0) is 17.8. The second-order valence-corrected chi connectivity index (χ2v) is 7.69. The number of aliphatic hydroxyl groups is 1. The molecule has 0 unspecified atom stereocenters. The predicted octanol–water partition coefficient (Wildman–Crippen LogP) is 4.25. The van der Waals surface area contributed by atoms with Crippen LogP contribution < -0.4 is 10.6 Å². The summed E-state index contributed by atoms with van der Waals surface area (Å²) in [6.45, 7) is 4.21. The van der Waals surface area contributed by atoms with Gasteiger partial charge in [-0.25, -0.2) is 4.98 Å². The molecule has 1 fully saturated rings. The molecule has 1 atom stereocenters. The van der Waals surface area contributed by atoms with Crippen molar-refractivity contribution in [3.8, 4) is 0 Å². The number of thioether (sulfide) groups is 1. The zero-order valence-corrected chi connectivity index (χ0v) is 15.8. The van der Waals surface area contributed by atoms with Gasteiger partial charge in [0, 0.05) is 22.6 Å². The lowest BCUT2D eigenvalue weighted by Crippen LogP contribution is -2.30. The van der Waals surface area contributed by atoms with Gasteiger partial charge in [0.2, 0.25) is 5.95 Å². The van der Waals surface area contributed by atoms with Gasteiger partial charge in [0.1, 0.15) is 5.82 Å². The third kappa shape index (κ3) is 4.86. The Kier molecular flexibility index (Phi) is 5.81. The van der Waals surface area contributed by atoms with Gasteiger partial charge < -0.3 is 15.7 Å². The summed E-state index contributed by atoms with van der Waals surface area (Å²) in [4.78, 5) is 10.5. The molecule has 3 N–H and O–H groups in total. The van der Waals surface area contributed by atoms with E-state index < -0.39 is 0 Å². The fourth-order valence-corrected chi connectivity index (χ4v) is 3.08. The van der Waals surface area contributed by atoms with Gasteiger partial charge in [-0.05, 0) is 43.2 Å². The smallest absolute Gasteiger partial charge is 0.225 e. The van der Waals surface area contributed by atoms with Crippen molar-refractivity contribution in [1.82, 2.24) is 9.97 Å². The fourth-order valence-electron chi connectivity index (χ4n) is 2.62. The third-order valence-electron chi connectivity index (χ3n) is 4.40. The minimum atomic E-state index is -0.0536. The summed E-state index contributed by atoms with van der Waals surface area (Å²) >= 11 is 1.72. The van der Waals surface area contributed by atoms with Crippen LogP contribution in [-0.4, -0.2) is 34.0 Å². The molecular formula is C19H26N4OS. The summed E-state index contributed by atoms with van der Waals surface area (Å²) in [5, 5.41) is 16.3. The Bertz CT molecular complexity index is 718. The molecule has 1 aromatic carbocycles. The first-order valence-corrected chi connectivity index (χ1v) is 9.99. The molecule has 1 saturated carbocycles. The minimum absolute atomic E-state index is 0.0536. The van der Waals surface area contributed by atoms with Gasteiger partial charge in [0.25, 0.3) is 0 Å². The second kappa shape index (κ2) is 8.06. The molecule has 5 nitrogen and oxygen atoms in total. The summed E-state index contributed by atoms with van der Waals surface area (Å²) in [6, 6.07) is 10.3. The van der Waals surface area contributed by atoms with Crippen molar-refractivity contribution in [2.45, 2.75) is 43.5 Å². The van der Waals surface area contributed by atoms with E-state index in [1.165, 1.54) is 17.7 Å². The van der Waals surface area contributed by atoms with Crippen LogP contribution in [0, 0.1) is 5.92 Å². The molecule has 25 heavy (non-hydrogen) atoms. The standard InChI is InChI=1S/C19H26N4OS/c1-12(2)17(11-24)22-19-21-16(13-7-8-13)10-18(23-19)20-14-5-4-6-15(9-14)25-3/h4-6,9-10,12-13,17,24H,7-8,11H2,1-3H3,(H2,20,21,22,23)/t17-/m0/s1. The monoisotopic (exact) mass is 358 g/mol. The maximum atomic E-state index is 9.57. The molecule has 1 aromatic heterocycles. The average Bonchev–Trinajstić information content (AvgIpc) is 3.44. The van der Waals surface area contributed by atoms with E-state index in [0.29, 0.717) is 17.8 Å². The number of hydrogen-bond acceptors (Lipinski definition) is 6. The zero-order valence-electron chi connectivity index (χ0n) is 15.0. The Labute approximate surface area is 153 Å². The number of rotatable bonds is 8. The highest BCUT2D eigenvalue weighted by Crippen LogP contribution is 2.40. The molecule has 0 bridgehead atoms. The maximum Gasteiger partial charge on any atom is 0.225 e. The first kappa shape index (κ1) is 18.0. The Morgan fingerprint density at radius 1 is 1.24 bits per heavy atom. The highest BCUT2D eigenvalue weighted by atomic mass is 32.2. The van der Waals surface area contributed by atoms with Crippen LogP contribution >= 0.6 is 11.8 Å². The molecule has 134 valence electrons. The lowest BCUT2D eigenvalue weighted by atomic mass is 10.1. The van der Waals surface area contributed by atoms with Gasteiger partial charge in [-0.15, -0.1) is 11.8 Å². The van der Waals surface area contributed by atoms with Crippen LogP contribution in [0.2, 0.25) is 0 Å². The van der Waals surface area contributed by atoms with Crippen molar-refractivity contribution in [3.05, 3.63) is 36.0 Å². The van der Waals surface area contributed by atoms with Gasteiger partial charge in [0.15, 0.2) is 0 Å². The van der Waals surface area contributed by atoms with Crippen molar-refractivity contribution in [2.75, 3.05) is 23.5 Å². The Morgan fingerprint density at radius 2 is 2.04 bits per heavy atom. The van der Waals surface area contributed by atoms with Crippen molar-refractivity contribution in [3.63, 3.8) is 0 Å². The quantitative estimate of drug-likeness (QED) is 0.613. The summed E-state index contributed by atoms with van der Waals surface area (Å²) in [6.07, 6.45) is 4.44. The van der Waals surface area contributed by atoms with Gasteiger partial charge in [-0.1, -0.05) is 19.9 Å². The SMILES string of the molecule is CSc1cccc(Nc2cc(C3CC3)nc(N[C@@H](CO)C(C)C)n2)c1. The lowest BCUT2D eigenvalue weighted by Gasteiger charge is -2.20. The fraction of sp³-hybridized carbons (Fsp3) is 0.474. The van der Waals surface area contributed by atoms with E-state index in [-0.39, 0.29) is 12.6 Å². The Hall–Kier alpha value is -1.79. The first-order valence-electron chi connectivity index (χ1n) is 8.76. The van der Waals surface area contributed by atoms with Gasteiger partial charge in [-0.3, -0.25) is 0 Å². The van der Waals surface area contributed by atoms with E-state index in [1.807, 2.05) is 18.2 Å². The lowest BCUT2D eigenvalue weighted by molar-refractivity contribution is 0.248. The molecule has 1 aliphatic carbocycles. The summed E-state index contributed by atoms with van der Waals surface area (Å²) in [7, 11) is 0. The Morgan fingerprint density at radius 3 is 2.68 bits per heavy atom. The number of nitrogens with zero attached hydrogens (tertiary/aromatic N) is 2. The van der Waals surface area contributed by atoms with Gasteiger partial charge >= 0.3 is 0 Å². The Balaban J connectivity index is 1.84. The van der Waals surface area contributed by atoms with E-state index in [0.717, 1.165) is 17.2 Å². The van der Waals surface area contributed by atoms with Crippen LogP contribution in [0.1, 0.15) is 38.3 Å². The van der Waals surface area contributed by atoms with Crippen LogP contribution in [0.15, 0.2) is 35.2 Å². The molecular weight excluding hydrogens is 332 g/mol. The summed E-state index contributed by atoms with van der Waals surface area (Å²) in [5.74, 6) is 2.21. The van der Waals surface area contributed by atoms with E-state index in [9.17, 15) is 5.11 Å². The van der Waals surface area contributed by atoms with Gasteiger partial charge in [0.05, 0.1) is 18.3 Å². The maximum absolute atomic E-state index is 9.57. The van der Waals surface area contributed by atoms with Crippen LogP contribution in [0.25, 0.3) is 0 Å². The number of aliphatic hydroxyl groups excluding tert-OH is 1. The predicted molar refractivity (Wildman–Crippen MR) is 105 cm³/mol. The van der Waals surface area contributed by atoms with E-state index in [1.54, 1.807) is 11.8 Å². The number of hydrogen-bond donors (Lipinski definition) is 3. The number of nitrogens with one attached hydrogen (secondary N) is 2. The summed E-state index contributed by atoms with van der Waals surface area (Å²) < 4.78 is 0. The normalized spacial score (nSPS) is 15.2. The molecule has 0 aliphatic heterocycles. The highest BCUT2D eigenvalue weighted by Gasteiger charge is 2.26. The minimum Gasteiger partial charge on any atom is -0.394 e. The van der Waals surface area contributed by atoms with E-state index in [2.05, 4.69) is 52.8 Å². The molecule has 2 aromatic rings. The molecule has 0 spiro atoms. The van der Waals surface area contributed by atoms with Crippen molar-refractivity contribution < 1.29 is 5.11 Å². The van der Waals surface area contributed by atoms with E-state index >= 15 is 0 Å². The molecule has 0 saturated heterocycles. The molecule has 0 radical (unpaired) electrons. The number of aromatic nitrogens is 2. The van der Waals surface area contributed by atoms with Crippen LogP contribution in [-0.2, 0) is 0 Å². The number of benzene rings is 1. The summed E-state index contributed by atoms with van der Waals surface area (Å²) in [5.41, 5.74) is 2.09. The largest absolute Gasteiger partial charge is 0.394 e. The van der Waals surface area contributed by atoms with Crippen molar-refractivity contribution in [2.24, 2.45) is 5.92 Å². The average molecular weight is 359 g/mol. The molecule has 6 heteroatoms. The molecule has 3 rings (SSSR count).